The maximum absolute atomic E-state index is 12.0. The summed E-state index contributed by atoms with van der Waals surface area (Å²) in [4.78, 5) is 4.59. The summed E-state index contributed by atoms with van der Waals surface area (Å²) < 4.78 is 28.2. The molecule has 0 saturated carbocycles. The lowest BCUT2D eigenvalue weighted by Crippen LogP contribution is -2.23. The second-order valence-electron chi connectivity index (χ2n) is 3.99. The van der Waals surface area contributed by atoms with Gasteiger partial charge in [-0.3, -0.25) is 4.68 Å². The van der Waals surface area contributed by atoms with Crippen molar-refractivity contribution in [2.45, 2.75) is 24.3 Å². The molecular weight excluding hydrogens is 288 g/mol. The highest BCUT2D eigenvalue weighted by Crippen LogP contribution is 2.25. The maximum atomic E-state index is 12.0. The first-order chi connectivity index (χ1) is 8.92. The van der Waals surface area contributed by atoms with E-state index in [1.165, 1.54) is 11.0 Å². The monoisotopic (exact) mass is 302 g/mol. The Hall–Kier alpha value is -1.29. The van der Waals surface area contributed by atoms with Gasteiger partial charge >= 0.3 is 0 Å². The molecule has 0 unspecified atom stereocenters. The van der Waals surface area contributed by atoms with Gasteiger partial charge in [-0.05, 0) is 18.6 Å². The Bertz CT molecular complexity index is 675. The van der Waals surface area contributed by atoms with E-state index in [-0.39, 0.29) is 17.4 Å². The highest BCUT2D eigenvalue weighted by molar-refractivity contribution is 7.91. The first-order valence-electron chi connectivity index (χ1n) is 5.46. The molecule has 0 saturated heterocycles. The van der Waals surface area contributed by atoms with Crippen molar-refractivity contribution in [3.63, 3.8) is 0 Å². The zero-order valence-electron chi connectivity index (χ0n) is 10.5. The number of aliphatic hydroxyl groups is 1. The second kappa shape index (κ2) is 5.37. The number of rotatable bonds is 5. The summed E-state index contributed by atoms with van der Waals surface area (Å²) in [7, 11) is -1.88. The molecule has 0 amide bonds. The predicted molar refractivity (Wildman–Crippen MR) is 70.0 cm³/mol. The largest absolute Gasteiger partial charge is 0.391 e. The first kappa shape index (κ1) is 14.1. The van der Waals surface area contributed by atoms with Gasteiger partial charge in [0.05, 0.1) is 13.2 Å². The zero-order chi connectivity index (χ0) is 14.0. The standard InChI is InChI=1S/C10H14N4O3S2/c1-7-3-10(18-8(7)5-15)19(16,17)12-4-9-11-6-14(2)13-9/h3,6,12,15H,4-5H2,1-2H3. The minimum absolute atomic E-state index is 0.0363. The van der Waals surface area contributed by atoms with E-state index in [0.29, 0.717) is 10.7 Å². The number of sulfonamides is 1. The molecule has 0 spiro atoms. The van der Waals surface area contributed by atoms with Crippen LogP contribution in [0.1, 0.15) is 16.3 Å². The van der Waals surface area contributed by atoms with E-state index in [0.717, 1.165) is 16.9 Å². The van der Waals surface area contributed by atoms with Gasteiger partial charge in [-0.15, -0.1) is 11.3 Å². The van der Waals surface area contributed by atoms with Gasteiger partial charge in [-0.1, -0.05) is 0 Å². The van der Waals surface area contributed by atoms with Crippen LogP contribution < -0.4 is 4.72 Å². The molecule has 0 aliphatic rings. The number of hydrogen-bond donors (Lipinski definition) is 2. The fourth-order valence-corrected chi connectivity index (χ4v) is 3.95. The van der Waals surface area contributed by atoms with Crippen LogP contribution in [0.25, 0.3) is 0 Å². The molecule has 2 heterocycles. The number of aryl methyl sites for hydroxylation is 2. The quantitative estimate of drug-likeness (QED) is 0.820. The van der Waals surface area contributed by atoms with Crippen LogP contribution in [0.4, 0.5) is 0 Å². The van der Waals surface area contributed by atoms with Crippen molar-refractivity contribution >= 4 is 21.4 Å². The summed E-state index contributed by atoms with van der Waals surface area (Å²) in [5.41, 5.74) is 0.767. The van der Waals surface area contributed by atoms with Crippen molar-refractivity contribution in [1.82, 2.24) is 19.5 Å². The molecule has 2 aromatic rings. The van der Waals surface area contributed by atoms with Crippen molar-refractivity contribution in [3.8, 4) is 0 Å². The summed E-state index contributed by atoms with van der Waals surface area (Å²) in [6.45, 7) is 1.64. The van der Waals surface area contributed by atoms with Crippen LogP contribution in [0.15, 0.2) is 16.6 Å². The van der Waals surface area contributed by atoms with Crippen LogP contribution in [-0.2, 0) is 30.2 Å². The van der Waals surface area contributed by atoms with E-state index in [2.05, 4.69) is 14.8 Å². The van der Waals surface area contributed by atoms with Gasteiger partial charge in [-0.2, -0.15) is 5.10 Å². The fraction of sp³-hybridized carbons (Fsp3) is 0.400. The minimum atomic E-state index is -3.59. The third-order valence-electron chi connectivity index (χ3n) is 2.47. The van der Waals surface area contributed by atoms with Crippen LogP contribution in [-0.4, -0.2) is 28.3 Å². The van der Waals surface area contributed by atoms with Gasteiger partial charge < -0.3 is 5.11 Å². The van der Waals surface area contributed by atoms with E-state index in [9.17, 15) is 8.42 Å². The summed E-state index contributed by atoms with van der Waals surface area (Å²) in [6.07, 6.45) is 1.50. The van der Waals surface area contributed by atoms with E-state index in [1.54, 1.807) is 20.0 Å². The van der Waals surface area contributed by atoms with Crippen LogP contribution >= 0.6 is 11.3 Å². The van der Waals surface area contributed by atoms with Crippen molar-refractivity contribution in [1.29, 1.82) is 0 Å². The van der Waals surface area contributed by atoms with Crippen molar-refractivity contribution in [2.75, 3.05) is 0 Å². The number of aromatic nitrogens is 3. The van der Waals surface area contributed by atoms with Crippen LogP contribution in [0.2, 0.25) is 0 Å². The summed E-state index contributed by atoms with van der Waals surface area (Å²) in [5, 5.41) is 13.1. The molecule has 0 bridgehead atoms. The van der Waals surface area contributed by atoms with Crippen LogP contribution in [0.5, 0.6) is 0 Å². The zero-order valence-corrected chi connectivity index (χ0v) is 12.1. The SMILES string of the molecule is Cc1cc(S(=O)(=O)NCc2ncn(C)n2)sc1CO. The molecule has 9 heteroatoms. The predicted octanol–water partition coefficient (Wildman–Crippen LogP) is 0.156. The Kier molecular flexibility index (Phi) is 3.99. The molecule has 0 aliphatic carbocycles. The maximum Gasteiger partial charge on any atom is 0.250 e. The lowest BCUT2D eigenvalue weighted by molar-refractivity contribution is 0.285. The summed E-state index contributed by atoms with van der Waals surface area (Å²) in [5.74, 6) is 0.404. The minimum Gasteiger partial charge on any atom is -0.391 e. The first-order valence-corrected chi connectivity index (χ1v) is 7.76. The van der Waals surface area contributed by atoms with Crippen molar-refractivity contribution in [2.24, 2.45) is 7.05 Å². The topological polar surface area (TPSA) is 97.1 Å². The van der Waals surface area contributed by atoms with Crippen LogP contribution in [0, 0.1) is 6.92 Å². The van der Waals surface area contributed by atoms with Gasteiger partial charge in [0, 0.05) is 11.9 Å². The van der Waals surface area contributed by atoms with Gasteiger partial charge in [0.25, 0.3) is 0 Å². The Balaban J connectivity index is 2.13. The van der Waals surface area contributed by atoms with Gasteiger partial charge in [0.1, 0.15) is 10.5 Å². The summed E-state index contributed by atoms with van der Waals surface area (Å²) >= 11 is 1.06. The number of thiophene rings is 1. The van der Waals surface area contributed by atoms with E-state index in [1.807, 2.05) is 0 Å². The number of nitrogens with one attached hydrogen (secondary N) is 1. The van der Waals surface area contributed by atoms with Gasteiger partial charge in [0.15, 0.2) is 5.82 Å². The van der Waals surface area contributed by atoms with E-state index < -0.39 is 10.0 Å². The molecule has 0 radical (unpaired) electrons. The molecule has 2 rings (SSSR count). The summed E-state index contributed by atoms with van der Waals surface area (Å²) in [6, 6.07) is 1.55. The fourth-order valence-electron chi connectivity index (χ4n) is 1.47. The Morgan fingerprint density at radius 3 is 2.79 bits per heavy atom. The number of aliphatic hydroxyl groups excluding tert-OH is 1. The van der Waals surface area contributed by atoms with Crippen molar-refractivity contribution < 1.29 is 13.5 Å². The average Bonchev–Trinajstić information content (AvgIpc) is 2.93. The van der Waals surface area contributed by atoms with E-state index in [4.69, 9.17) is 5.11 Å². The van der Waals surface area contributed by atoms with E-state index >= 15 is 0 Å². The number of nitrogens with zero attached hydrogens (tertiary/aromatic N) is 3. The smallest absolute Gasteiger partial charge is 0.250 e. The normalized spacial score (nSPS) is 11.9. The molecule has 2 N–H and O–H groups in total. The molecule has 0 atom stereocenters. The Morgan fingerprint density at radius 2 is 2.26 bits per heavy atom. The van der Waals surface area contributed by atoms with Gasteiger partial charge in [-0.25, -0.2) is 18.1 Å². The molecule has 19 heavy (non-hydrogen) atoms. The highest BCUT2D eigenvalue weighted by atomic mass is 32.2. The molecule has 0 aliphatic heterocycles. The van der Waals surface area contributed by atoms with Crippen LogP contribution in [0.3, 0.4) is 0 Å². The third-order valence-corrected chi connectivity index (χ3v) is 5.57. The molecule has 2 aromatic heterocycles. The van der Waals surface area contributed by atoms with Crippen molar-refractivity contribution in [3.05, 3.63) is 28.7 Å². The lowest BCUT2D eigenvalue weighted by atomic mass is 10.3. The van der Waals surface area contributed by atoms with Gasteiger partial charge in [0.2, 0.25) is 10.0 Å². The third kappa shape index (κ3) is 3.18. The number of hydrogen-bond acceptors (Lipinski definition) is 6. The molecule has 104 valence electrons. The highest BCUT2D eigenvalue weighted by Gasteiger charge is 2.19. The molecule has 0 aromatic carbocycles. The lowest BCUT2D eigenvalue weighted by Gasteiger charge is -2.01. The molecule has 0 fully saturated rings. The Morgan fingerprint density at radius 1 is 1.53 bits per heavy atom. The second-order valence-corrected chi connectivity index (χ2v) is 7.12. The molecular formula is C10H14N4O3S2. The Labute approximate surface area is 115 Å². The average molecular weight is 302 g/mol. The molecule has 7 nitrogen and oxygen atoms in total.